The van der Waals surface area contributed by atoms with Gasteiger partial charge in [-0.2, -0.15) is 0 Å². The zero-order valence-corrected chi connectivity index (χ0v) is 8.07. The van der Waals surface area contributed by atoms with E-state index in [4.69, 9.17) is 0 Å². The minimum absolute atomic E-state index is 0.282. The SMILES string of the molecule is O=C1CC2(CCCCC2)C2(CC2)N1. The summed E-state index contributed by atoms with van der Waals surface area (Å²) < 4.78 is 0. The summed E-state index contributed by atoms with van der Waals surface area (Å²) >= 11 is 0. The first-order valence-corrected chi connectivity index (χ1v) is 5.58. The number of nitrogens with one attached hydrogen (secondary N) is 1. The van der Waals surface area contributed by atoms with Gasteiger partial charge in [-0.25, -0.2) is 0 Å². The molecule has 3 rings (SSSR count). The molecular weight excluding hydrogens is 162 g/mol. The summed E-state index contributed by atoms with van der Waals surface area (Å²) in [7, 11) is 0. The summed E-state index contributed by atoms with van der Waals surface area (Å²) in [4.78, 5) is 11.5. The molecule has 0 radical (unpaired) electrons. The van der Waals surface area contributed by atoms with Crippen molar-refractivity contribution in [3.8, 4) is 0 Å². The van der Waals surface area contributed by atoms with Gasteiger partial charge in [0.15, 0.2) is 0 Å². The summed E-state index contributed by atoms with van der Waals surface area (Å²) in [5.74, 6) is 0.319. The van der Waals surface area contributed by atoms with Crippen molar-refractivity contribution in [3.63, 3.8) is 0 Å². The molecule has 0 bridgehead atoms. The lowest BCUT2D eigenvalue weighted by Gasteiger charge is -2.38. The lowest BCUT2D eigenvalue weighted by Crippen LogP contribution is -2.40. The van der Waals surface area contributed by atoms with Crippen LogP contribution >= 0.6 is 0 Å². The van der Waals surface area contributed by atoms with Crippen molar-refractivity contribution in [3.05, 3.63) is 0 Å². The Balaban J connectivity index is 1.91. The Kier molecular flexibility index (Phi) is 1.38. The topological polar surface area (TPSA) is 29.1 Å². The van der Waals surface area contributed by atoms with Crippen molar-refractivity contribution in [2.75, 3.05) is 0 Å². The van der Waals surface area contributed by atoms with E-state index in [0.29, 0.717) is 11.3 Å². The molecule has 3 fully saturated rings. The number of rotatable bonds is 0. The van der Waals surface area contributed by atoms with Crippen LogP contribution in [0.5, 0.6) is 0 Å². The predicted octanol–water partition coefficient (Wildman–Crippen LogP) is 1.99. The maximum Gasteiger partial charge on any atom is 0.221 e. The largest absolute Gasteiger partial charge is 0.350 e. The second-order valence-corrected chi connectivity index (χ2v) is 5.15. The molecule has 2 aliphatic carbocycles. The Morgan fingerprint density at radius 1 is 1.00 bits per heavy atom. The summed E-state index contributed by atoms with van der Waals surface area (Å²) in [5.41, 5.74) is 0.673. The van der Waals surface area contributed by atoms with Crippen LogP contribution in [-0.4, -0.2) is 11.4 Å². The molecular formula is C11H17NO. The van der Waals surface area contributed by atoms with Gasteiger partial charge in [-0.3, -0.25) is 4.79 Å². The van der Waals surface area contributed by atoms with Crippen molar-refractivity contribution in [1.82, 2.24) is 5.32 Å². The first-order chi connectivity index (χ1) is 6.27. The number of hydrogen-bond donors (Lipinski definition) is 1. The molecule has 3 aliphatic rings. The molecule has 13 heavy (non-hydrogen) atoms. The summed E-state index contributed by atoms with van der Waals surface area (Å²) in [6.45, 7) is 0. The minimum atomic E-state index is 0.282. The summed E-state index contributed by atoms with van der Waals surface area (Å²) in [5, 5.41) is 3.23. The Morgan fingerprint density at radius 3 is 2.31 bits per heavy atom. The van der Waals surface area contributed by atoms with Crippen LogP contribution in [0.3, 0.4) is 0 Å². The summed E-state index contributed by atoms with van der Waals surface area (Å²) in [6, 6.07) is 0. The van der Waals surface area contributed by atoms with E-state index in [9.17, 15) is 4.79 Å². The van der Waals surface area contributed by atoms with Crippen molar-refractivity contribution in [1.29, 1.82) is 0 Å². The average molecular weight is 179 g/mol. The van der Waals surface area contributed by atoms with Crippen LogP contribution in [0.4, 0.5) is 0 Å². The van der Waals surface area contributed by atoms with Gasteiger partial charge in [0.1, 0.15) is 0 Å². The maximum atomic E-state index is 11.5. The van der Waals surface area contributed by atoms with Crippen molar-refractivity contribution < 1.29 is 4.79 Å². The molecule has 2 nitrogen and oxygen atoms in total. The molecule has 0 aromatic heterocycles. The zero-order chi connectivity index (χ0) is 8.94. The van der Waals surface area contributed by atoms with E-state index in [-0.39, 0.29) is 5.54 Å². The summed E-state index contributed by atoms with van der Waals surface area (Å²) in [6.07, 6.45) is 9.99. The standard InChI is InChI=1S/C11H17NO/c13-9-8-10(4-2-1-3-5-10)11(12-9)6-7-11/h1-8H2,(H,12,13). The van der Waals surface area contributed by atoms with E-state index in [2.05, 4.69) is 5.32 Å². The molecule has 0 aromatic rings. The van der Waals surface area contributed by atoms with Crippen molar-refractivity contribution >= 4 is 5.91 Å². The first-order valence-electron chi connectivity index (χ1n) is 5.58. The predicted molar refractivity (Wildman–Crippen MR) is 50.2 cm³/mol. The Labute approximate surface area is 79.1 Å². The van der Waals surface area contributed by atoms with Crippen molar-refractivity contribution in [2.45, 2.75) is 56.9 Å². The molecule has 2 saturated carbocycles. The molecule has 0 unspecified atom stereocenters. The number of fused-ring (bicyclic) bond motifs is 1. The van der Waals surface area contributed by atoms with Gasteiger partial charge in [-0.1, -0.05) is 19.3 Å². The third-order valence-corrected chi connectivity index (χ3v) is 4.45. The number of hydrogen-bond acceptors (Lipinski definition) is 1. The highest BCUT2D eigenvalue weighted by Crippen LogP contribution is 2.61. The van der Waals surface area contributed by atoms with Crippen LogP contribution < -0.4 is 5.32 Å². The maximum absolute atomic E-state index is 11.5. The quantitative estimate of drug-likeness (QED) is 0.605. The van der Waals surface area contributed by atoms with E-state index in [1.807, 2.05) is 0 Å². The molecule has 1 saturated heterocycles. The molecule has 0 aromatic carbocycles. The Hall–Kier alpha value is -0.530. The molecule has 2 heteroatoms. The molecule has 1 aliphatic heterocycles. The van der Waals surface area contributed by atoms with Gasteiger partial charge in [0.25, 0.3) is 0 Å². The molecule has 1 heterocycles. The molecule has 72 valence electrons. The van der Waals surface area contributed by atoms with Crippen LogP contribution in [-0.2, 0) is 4.79 Å². The smallest absolute Gasteiger partial charge is 0.221 e. The first kappa shape index (κ1) is 7.84. The highest BCUT2D eigenvalue weighted by atomic mass is 16.2. The number of amides is 1. The third kappa shape index (κ3) is 0.918. The molecule has 1 N–H and O–H groups in total. The Morgan fingerprint density at radius 2 is 1.69 bits per heavy atom. The van der Waals surface area contributed by atoms with Gasteiger partial charge in [-0.05, 0) is 25.7 Å². The lowest BCUT2D eigenvalue weighted by molar-refractivity contribution is -0.119. The van der Waals surface area contributed by atoms with Gasteiger partial charge >= 0.3 is 0 Å². The zero-order valence-electron chi connectivity index (χ0n) is 8.07. The van der Waals surface area contributed by atoms with Gasteiger partial charge in [0.2, 0.25) is 5.91 Å². The monoisotopic (exact) mass is 179 g/mol. The van der Waals surface area contributed by atoms with E-state index >= 15 is 0 Å². The fourth-order valence-corrected chi connectivity index (χ4v) is 3.58. The second kappa shape index (κ2) is 2.28. The van der Waals surface area contributed by atoms with Crippen LogP contribution in [0.2, 0.25) is 0 Å². The number of carbonyl (C=O) groups excluding carboxylic acids is 1. The van der Waals surface area contributed by atoms with Gasteiger partial charge in [0.05, 0.1) is 0 Å². The highest BCUT2D eigenvalue weighted by molar-refractivity contribution is 5.82. The van der Waals surface area contributed by atoms with E-state index in [1.54, 1.807) is 0 Å². The Bertz CT molecular complexity index is 249. The minimum Gasteiger partial charge on any atom is -0.350 e. The average Bonchev–Trinajstić information content (AvgIpc) is 2.82. The highest BCUT2D eigenvalue weighted by Gasteiger charge is 2.64. The van der Waals surface area contributed by atoms with E-state index in [0.717, 1.165) is 6.42 Å². The van der Waals surface area contributed by atoms with Gasteiger partial charge < -0.3 is 5.32 Å². The second-order valence-electron chi connectivity index (χ2n) is 5.15. The molecule has 1 amide bonds. The van der Waals surface area contributed by atoms with Crippen molar-refractivity contribution in [2.24, 2.45) is 5.41 Å². The van der Waals surface area contributed by atoms with Crippen LogP contribution in [0, 0.1) is 5.41 Å². The molecule has 0 atom stereocenters. The lowest BCUT2D eigenvalue weighted by atomic mass is 9.67. The fraction of sp³-hybridized carbons (Fsp3) is 0.909. The van der Waals surface area contributed by atoms with E-state index in [1.165, 1.54) is 44.9 Å². The third-order valence-electron chi connectivity index (χ3n) is 4.45. The van der Waals surface area contributed by atoms with E-state index < -0.39 is 0 Å². The van der Waals surface area contributed by atoms with Gasteiger partial charge in [0, 0.05) is 17.4 Å². The van der Waals surface area contributed by atoms with Crippen LogP contribution in [0.1, 0.15) is 51.4 Å². The number of carbonyl (C=O) groups is 1. The molecule has 2 spiro atoms. The van der Waals surface area contributed by atoms with Crippen LogP contribution in [0.15, 0.2) is 0 Å². The fourth-order valence-electron chi connectivity index (χ4n) is 3.58. The normalized spacial score (nSPS) is 33.7. The van der Waals surface area contributed by atoms with Gasteiger partial charge in [-0.15, -0.1) is 0 Å². The van der Waals surface area contributed by atoms with Crippen LogP contribution in [0.25, 0.3) is 0 Å².